The molecule has 0 unspecified atom stereocenters. The van der Waals surface area contributed by atoms with Crippen molar-refractivity contribution in [1.29, 1.82) is 0 Å². The molecule has 2 heterocycles. The van der Waals surface area contributed by atoms with Gasteiger partial charge in [-0.2, -0.15) is 5.10 Å². The van der Waals surface area contributed by atoms with Crippen molar-refractivity contribution in [2.45, 2.75) is 13.0 Å². The molecule has 0 aromatic carbocycles. The zero-order chi connectivity index (χ0) is 7.84. The average Bonchev–Trinajstić information content (AvgIpc) is 2.27. The number of aryl methyl sites for hydroxylation is 1. The topological polar surface area (TPSA) is 47.1 Å². The van der Waals surface area contributed by atoms with Crippen molar-refractivity contribution >= 4 is 0 Å². The summed E-state index contributed by atoms with van der Waals surface area (Å²) < 4.78 is 1.85. The van der Waals surface area contributed by atoms with E-state index in [0.717, 1.165) is 19.5 Å². The molecular weight excluding hydrogens is 140 g/mol. The minimum absolute atomic E-state index is 0.836. The van der Waals surface area contributed by atoms with Crippen molar-refractivity contribution in [3.63, 3.8) is 0 Å². The normalized spacial score (nSPS) is 18.4. The van der Waals surface area contributed by atoms with Crippen LogP contribution in [0.5, 0.6) is 0 Å². The van der Waals surface area contributed by atoms with Crippen molar-refractivity contribution in [2.24, 2.45) is 12.9 Å². The predicted octanol–water partition coefficient (Wildman–Crippen LogP) is -0.348. The number of hydrazine groups is 1. The van der Waals surface area contributed by atoms with E-state index < -0.39 is 0 Å². The van der Waals surface area contributed by atoms with Crippen molar-refractivity contribution in [3.8, 4) is 0 Å². The molecule has 1 aromatic heterocycles. The van der Waals surface area contributed by atoms with E-state index in [1.165, 1.54) is 11.3 Å². The maximum atomic E-state index is 5.66. The molecule has 0 saturated heterocycles. The molecule has 0 saturated carbocycles. The van der Waals surface area contributed by atoms with Gasteiger partial charge < -0.3 is 0 Å². The third-order valence-corrected chi connectivity index (χ3v) is 2.00. The van der Waals surface area contributed by atoms with Crippen LogP contribution < -0.4 is 5.84 Å². The highest BCUT2D eigenvalue weighted by Crippen LogP contribution is 2.13. The lowest BCUT2D eigenvalue weighted by Gasteiger charge is -2.20. The fourth-order valence-corrected chi connectivity index (χ4v) is 1.47. The molecule has 2 N–H and O–H groups in total. The van der Waals surface area contributed by atoms with Gasteiger partial charge in [0.15, 0.2) is 0 Å². The largest absolute Gasteiger partial charge is 0.275 e. The predicted molar refractivity (Wildman–Crippen MR) is 41.5 cm³/mol. The van der Waals surface area contributed by atoms with Gasteiger partial charge >= 0.3 is 0 Å². The van der Waals surface area contributed by atoms with Crippen LogP contribution in [0.3, 0.4) is 0 Å². The monoisotopic (exact) mass is 152 g/mol. The van der Waals surface area contributed by atoms with E-state index in [1.54, 1.807) is 0 Å². The molecule has 1 aliphatic heterocycles. The number of nitrogens with two attached hydrogens (primary N) is 1. The van der Waals surface area contributed by atoms with Crippen LogP contribution >= 0.6 is 0 Å². The summed E-state index contributed by atoms with van der Waals surface area (Å²) in [7, 11) is 1.94. The van der Waals surface area contributed by atoms with E-state index in [-0.39, 0.29) is 0 Å². The third kappa shape index (κ3) is 1.15. The first-order valence-electron chi connectivity index (χ1n) is 3.77. The lowest BCUT2D eigenvalue weighted by molar-refractivity contribution is 0.262. The van der Waals surface area contributed by atoms with E-state index in [1.807, 2.05) is 22.9 Å². The number of hydrogen-bond donors (Lipinski definition) is 1. The van der Waals surface area contributed by atoms with Gasteiger partial charge in [0.05, 0.1) is 5.69 Å². The van der Waals surface area contributed by atoms with Crippen LogP contribution in [0.25, 0.3) is 0 Å². The number of rotatable bonds is 0. The number of hydrogen-bond acceptors (Lipinski definition) is 3. The Morgan fingerprint density at radius 1 is 1.64 bits per heavy atom. The molecular formula is C7H12N4. The Morgan fingerprint density at radius 3 is 3.27 bits per heavy atom. The van der Waals surface area contributed by atoms with Gasteiger partial charge in [0, 0.05) is 38.3 Å². The summed E-state index contributed by atoms with van der Waals surface area (Å²) in [5.41, 5.74) is 2.47. The van der Waals surface area contributed by atoms with Crippen molar-refractivity contribution in [2.75, 3.05) is 6.54 Å². The molecule has 11 heavy (non-hydrogen) atoms. The Bertz CT molecular complexity index is 265. The van der Waals surface area contributed by atoms with Gasteiger partial charge in [0.2, 0.25) is 0 Å². The number of aromatic nitrogens is 2. The van der Waals surface area contributed by atoms with Crippen LogP contribution in [0.15, 0.2) is 6.20 Å². The molecule has 1 aromatic rings. The molecule has 0 amide bonds. The second-order valence-electron chi connectivity index (χ2n) is 3.00. The van der Waals surface area contributed by atoms with Gasteiger partial charge in [0.1, 0.15) is 0 Å². The van der Waals surface area contributed by atoms with Crippen LogP contribution in [-0.4, -0.2) is 21.3 Å². The molecule has 0 atom stereocenters. The minimum Gasteiger partial charge on any atom is -0.275 e. The summed E-state index contributed by atoms with van der Waals surface area (Å²) in [6.45, 7) is 1.76. The van der Waals surface area contributed by atoms with Gasteiger partial charge in [-0.3, -0.25) is 10.5 Å². The summed E-state index contributed by atoms with van der Waals surface area (Å²) in [6.07, 6.45) is 3.01. The van der Waals surface area contributed by atoms with Crippen LogP contribution in [-0.2, 0) is 20.0 Å². The third-order valence-electron chi connectivity index (χ3n) is 2.00. The lowest BCUT2D eigenvalue weighted by Crippen LogP contribution is -2.35. The summed E-state index contributed by atoms with van der Waals surface area (Å²) in [6, 6.07) is 0. The van der Waals surface area contributed by atoms with Crippen molar-refractivity contribution in [1.82, 2.24) is 14.8 Å². The SMILES string of the molecule is Cn1cc2c(n1)CCN(N)C2. The highest BCUT2D eigenvalue weighted by Gasteiger charge is 2.15. The number of nitrogens with zero attached hydrogens (tertiary/aromatic N) is 3. The maximum absolute atomic E-state index is 5.66. The van der Waals surface area contributed by atoms with E-state index >= 15 is 0 Å². The Hall–Kier alpha value is -0.870. The summed E-state index contributed by atoms with van der Waals surface area (Å²) in [4.78, 5) is 0. The average molecular weight is 152 g/mol. The highest BCUT2D eigenvalue weighted by molar-refractivity contribution is 5.19. The Morgan fingerprint density at radius 2 is 2.45 bits per heavy atom. The summed E-state index contributed by atoms with van der Waals surface area (Å²) >= 11 is 0. The van der Waals surface area contributed by atoms with Gasteiger partial charge in [-0.25, -0.2) is 5.01 Å². The quantitative estimate of drug-likeness (QED) is 0.517. The smallest absolute Gasteiger partial charge is 0.0683 e. The minimum atomic E-state index is 0.836. The van der Waals surface area contributed by atoms with Crippen molar-refractivity contribution < 1.29 is 0 Å². The fraction of sp³-hybridized carbons (Fsp3) is 0.571. The van der Waals surface area contributed by atoms with Gasteiger partial charge in [-0.1, -0.05) is 0 Å². The second kappa shape index (κ2) is 2.32. The van der Waals surface area contributed by atoms with Crippen LogP contribution in [0.2, 0.25) is 0 Å². The standard InChI is InChI=1S/C7H12N4/c1-10-4-6-5-11(8)3-2-7(6)9-10/h4H,2-3,5,8H2,1H3. The first-order chi connectivity index (χ1) is 5.25. The van der Waals surface area contributed by atoms with Crippen molar-refractivity contribution in [3.05, 3.63) is 17.5 Å². The molecule has 4 heteroatoms. The molecule has 0 bridgehead atoms. The first-order valence-corrected chi connectivity index (χ1v) is 3.77. The molecule has 60 valence electrons. The van der Waals surface area contributed by atoms with E-state index in [4.69, 9.17) is 5.84 Å². The zero-order valence-electron chi connectivity index (χ0n) is 6.62. The molecule has 1 aliphatic rings. The molecule has 0 aliphatic carbocycles. The van der Waals surface area contributed by atoms with E-state index in [2.05, 4.69) is 5.10 Å². The second-order valence-corrected chi connectivity index (χ2v) is 3.00. The van der Waals surface area contributed by atoms with Crippen LogP contribution in [0, 0.1) is 0 Å². The number of fused-ring (bicyclic) bond motifs is 1. The van der Waals surface area contributed by atoms with Gasteiger partial charge in [-0.15, -0.1) is 0 Å². The Labute approximate surface area is 65.6 Å². The van der Waals surface area contributed by atoms with E-state index in [0.29, 0.717) is 0 Å². The summed E-state index contributed by atoms with van der Waals surface area (Å²) in [5.74, 6) is 5.66. The fourth-order valence-electron chi connectivity index (χ4n) is 1.47. The summed E-state index contributed by atoms with van der Waals surface area (Å²) in [5, 5.41) is 6.14. The van der Waals surface area contributed by atoms with Gasteiger partial charge in [0.25, 0.3) is 0 Å². The molecule has 0 spiro atoms. The van der Waals surface area contributed by atoms with Crippen LogP contribution in [0.4, 0.5) is 0 Å². The molecule has 0 radical (unpaired) electrons. The molecule has 4 nitrogen and oxygen atoms in total. The Balaban J connectivity index is 2.34. The molecule has 0 fully saturated rings. The maximum Gasteiger partial charge on any atom is 0.0683 e. The Kier molecular flexibility index (Phi) is 1.44. The molecule has 2 rings (SSSR count). The highest BCUT2D eigenvalue weighted by atomic mass is 15.4. The lowest BCUT2D eigenvalue weighted by atomic mass is 10.1. The van der Waals surface area contributed by atoms with Crippen LogP contribution in [0.1, 0.15) is 11.3 Å². The zero-order valence-corrected chi connectivity index (χ0v) is 6.62. The van der Waals surface area contributed by atoms with Gasteiger partial charge in [-0.05, 0) is 0 Å². The first kappa shape index (κ1) is 6.82. The van der Waals surface area contributed by atoms with E-state index in [9.17, 15) is 0 Å².